The topological polar surface area (TPSA) is 86.8 Å². The first-order valence-electron chi connectivity index (χ1n) is 11.2. The maximum absolute atomic E-state index is 13.5. The molecule has 1 atom stereocenters. The molecule has 0 aromatic heterocycles. The zero-order valence-corrected chi connectivity index (χ0v) is 21.4. The van der Waals surface area contributed by atoms with E-state index in [0.29, 0.717) is 23.4 Å². The molecule has 0 saturated carbocycles. The smallest absolute Gasteiger partial charge is 0.244 e. The first-order chi connectivity index (χ1) is 15.8. The molecule has 0 bridgehead atoms. The van der Waals surface area contributed by atoms with Crippen LogP contribution in [0.25, 0.3) is 0 Å². The molecule has 0 heterocycles. The number of halogens is 1. The number of anilines is 1. The zero-order valence-electron chi connectivity index (χ0n) is 20.6. The molecule has 0 aliphatic carbocycles. The van der Waals surface area contributed by atoms with Crippen molar-refractivity contribution in [2.45, 2.75) is 47.2 Å². The number of hydrogen-bond donors (Lipinski definition) is 1. The minimum atomic E-state index is -3.79. The minimum Gasteiger partial charge on any atom is -0.354 e. The lowest BCUT2D eigenvalue weighted by Crippen LogP contribution is -2.51. The molecule has 0 radical (unpaired) electrons. The predicted molar refractivity (Wildman–Crippen MR) is 132 cm³/mol. The van der Waals surface area contributed by atoms with Gasteiger partial charge in [-0.15, -0.1) is 0 Å². The molecule has 0 aliphatic rings. The Morgan fingerprint density at radius 1 is 1.03 bits per heavy atom. The fourth-order valence-corrected chi connectivity index (χ4v) is 4.41. The average Bonchev–Trinajstić information content (AvgIpc) is 2.74. The Balaban J connectivity index is 2.39. The van der Waals surface area contributed by atoms with E-state index >= 15 is 0 Å². The summed E-state index contributed by atoms with van der Waals surface area (Å²) in [5.41, 5.74) is 2.70. The number of nitrogens with one attached hydrogen (secondary N) is 1. The van der Waals surface area contributed by atoms with Crippen LogP contribution in [0.4, 0.5) is 10.1 Å². The van der Waals surface area contributed by atoms with Gasteiger partial charge in [-0.1, -0.05) is 43.7 Å². The molecule has 0 aliphatic heterocycles. The van der Waals surface area contributed by atoms with Crippen LogP contribution in [0.2, 0.25) is 0 Å². The zero-order chi connectivity index (χ0) is 25.6. The van der Waals surface area contributed by atoms with Gasteiger partial charge in [-0.05, 0) is 56.0 Å². The third-order valence-electron chi connectivity index (χ3n) is 5.42. The molecule has 0 spiro atoms. The maximum Gasteiger partial charge on any atom is 0.244 e. The van der Waals surface area contributed by atoms with Gasteiger partial charge in [0.15, 0.2) is 0 Å². The molecule has 0 saturated heterocycles. The van der Waals surface area contributed by atoms with Crippen molar-refractivity contribution in [3.8, 4) is 0 Å². The highest BCUT2D eigenvalue weighted by Crippen LogP contribution is 2.24. The standard InChI is InChI=1S/C25H34FN3O4S/c1-17(2)14-27-25(31)20(5)28(15-21-8-10-22(26)11-9-21)24(30)16-29(34(6,32)33)23-12-7-18(3)13-19(23)4/h7-13,17,20H,14-16H2,1-6H3,(H,27,31)/t20-/m0/s1. The predicted octanol–water partition coefficient (Wildman–Crippen LogP) is 3.40. The van der Waals surface area contributed by atoms with Crippen molar-refractivity contribution in [2.24, 2.45) is 5.92 Å². The van der Waals surface area contributed by atoms with Crippen LogP contribution < -0.4 is 9.62 Å². The van der Waals surface area contributed by atoms with Crippen LogP contribution >= 0.6 is 0 Å². The Morgan fingerprint density at radius 2 is 1.65 bits per heavy atom. The number of nitrogens with zero attached hydrogens (tertiary/aromatic N) is 2. The Hall–Kier alpha value is -2.94. The third-order valence-corrected chi connectivity index (χ3v) is 6.54. The van der Waals surface area contributed by atoms with Gasteiger partial charge in [0.1, 0.15) is 18.4 Å². The lowest BCUT2D eigenvalue weighted by atomic mass is 10.1. The molecule has 2 amide bonds. The van der Waals surface area contributed by atoms with Gasteiger partial charge in [0, 0.05) is 13.1 Å². The van der Waals surface area contributed by atoms with Crippen LogP contribution in [0.3, 0.4) is 0 Å². The van der Waals surface area contributed by atoms with E-state index in [1.807, 2.05) is 26.8 Å². The Labute approximate surface area is 202 Å². The van der Waals surface area contributed by atoms with Gasteiger partial charge in [-0.3, -0.25) is 13.9 Å². The van der Waals surface area contributed by atoms with Crippen molar-refractivity contribution in [1.82, 2.24) is 10.2 Å². The van der Waals surface area contributed by atoms with Crippen molar-refractivity contribution < 1.29 is 22.4 Å². The highest BCUT2D eigenvalue weighted by atomic mass is 32.2. The number of rotatable bonds is 10. The van der Waals surface area contributed by atoms with Crippen molar-refractivity contribution in [1.29, 1.82) is 0 Å². The second-order valence-corrected chi connectivity index (χ2v) is 10.9. The lowest BCUT2D eigenvalue weighted by Gasteiger charge is -2.32. The van der Waals surface area contributed by atoms with E-state index in [4.69, 9.17) is 0 Å². The van der Waals surface area contributed by atoms with E-state index in [0.717, 1.165) is 16.1 Å². The Kier molecular flexibility index (Phi) is 9.21. The van der Waals surface area contributed by atoms with Crippen LogP contribution in [0.15, 0.2) is 42.5 Å². The summed E-state index contributed by atoms with van der Waals surface area (Å²) in [4.78, 5) is 27.6. The third kappa shape index (κ3) is 7.55. The van der Waals surface area contributed by atoms with Crippen molar-refractivity contribution in [3.05, 3.63) is 65.0 Å². The van der Waals surface area contributed by atoms with E-state index in [9.17, 15) is 22.4 Å². The molecular weight excluding hydrogens is 457 g/mol. The average molecular weight is 492 g/mol. The van der Waals surface area contributed by atoms with Gasteiger partial charge < -0.3 is 10.2 Å². The number of sulfonamides is 1. The van der Waals surface area contributed by atoms with Gasteiger partial charge in [-0.2, -0.15) is 0 Å². The summed E-state index contributed by atoms with van der Waals surface area (Å²) in [6, 6.07) is 10.1. The number of amides is 2. The molecule has 0 fully saturated rings. The number of carbonyl (C=O) groups excluding carboxylic acids is 2. The Morgan fingerprint density at radius 3 is 2.18 bits per heavy atom. The number of hydrogen-bond acceptors (Lipinski definition) is 4. The minimum absolute atomic E-state index is 0.0276. The quantitative estimate of drug-likeness (QED) is 0.552. The van der Waals surface area contributed by atoms with Crippen LogP contribution in [0.5, 0.6) is 0 Å². The summed E-state index contributed by atoms with van der Waals surface area (Å²) in [5.74, 6) is -1.08. The summed E-state index contributed by atoms with van der Waals surface area (Å²) in [6.07, 6.45) is 1.04. The largest absolute Gasteiger partial charge is 0.354 e. The molecule has 9 heteroatoms. The van der Waals surface area contributed by atoms with Gasteiger partial charge in [0.2, 0.25) is 21.8 Å². The normalized spacial score (nSPS) is 12.4. The summed E-state index contributed by atoms with van der Waals surface area (Å²) >= 11 is 0. The fourth-order valence-electron chi connectivity index (χ4n) is 3.50. The van der Waals surface area contributed by atoms with E-state index in [1.165, 1.54) is 29.2 Å². The molecule has 0 unspecified atom stereocenters. The second-order valence-electron chi connectivity index (χ2n) is 9.02. The van der Waals surface area contributed by atoms with Crippen molar-refractivity contribution in [2.75, 3.05) is 23.7 Å². The highest BCUT2D eigenvalue weighted by Gasteiger charge is 2.30. The van der Waals surface area contributed by atoms with Crippen LogP contribution in [-0.2, 0) is 26.2 Å². The van der Waals surface area contributed by atoms with Gasteiger partial charge in [0.05, 0.1) is 11.9 Å². The molecule has 2 rings (SSSR count). The van der Waals surface area contributed by atoms with Gasteiger partial charge in [-0.25, -0.2) is 12.8 Å². The van der Waals surface area contributed by atoms with Crippen molar-refractivity contribution >= 4 is 27.5 Å². The van der Waals surface area contributed by atoms with Crippen LogP contribution in [0.1, 0.15) is 37.5 Å². The monoisotopic (exact) mass is 491 g/mol. The maximum atomic E-state index is 13.5. The van der Waals surface area contributed by atoms with E-state index in [2.05, 4.69) is 5.32 Å². The lowest BCUT2D eigenvalue weighted by molar-refractivity contribution is -0.139. The van der Waals surface area contributed by atoms with Crippen molar-refractivity contribution in [3.63, 3.8) is 0 Å². The van der Waals surface area contributed by atoms with Crippen LogP contribution in [0, 0.1) is 25.6 Å². The fraction of sp³-hybridized carbons (Fsp3) is 0.440. The molecule has 186 valence electrons. The number of benzene rings is 2. The summed E-state index contributed by atoms with van der Waals surface area (Å²) in [7, 11) is -3.79. The Bertz CT molecular complexity index is 1120. The highest BCUT2D eigenvalue weighted by molar-refractivity contribution is 7.92. The van der Waals surface area contributed by atoms with Crippen LogP contribution in [-0.4, -0.2) is 50.5 Å². The molecular formula is C25H34FN3O4S. The van der Waals surface area contributed by atoms with Gasteiger partial charge >= 0.3 is 0 Å². The van der Waals surface area contributed by atoms with E-state index in [-0.39, 0.29) is 18.4 Å². The van der Waals surface area contributed by atoms with Gasteiger partial charge in [0.25, 0.3) is 0 Å². The molecule has 1 N–H and O–H groups in total. The molecule has 2 aromatic rings. The number of aryl methyl sites for hydroxylation is 2. The summed E-state index contributed by atoms with van der Waals surface area (Å²) in [6.45, 7) is 9.20. The first-order valence-corrected chi connectivity index (χ1v) is 13.0. The molecule has 34 heavy (non-hydrogen) atoms. The van der Waals surface area contributed by atoms with E-state index < -0.39 is 34.3 Å². The SMILES string of the molecule is Cc1ccc(N(CC(=O)N(Cc2ccc(F)cc2)[C@@H](C)C(=O)NCC(C)C)S(C)(=O)=O)c(C)c1. The molecule has 7 nitrogen and oxygen atoms in total. The summed E-state index contributed by atoms with van der Waals surface area (Å²) in [5, 5.41) is 2.82. The second kappa shape index (κ2) is 11.5. The number of carbonyl (C=O) groups is 2. The summed E-state index contributed by atoms with van der Waals surface area (Å²) < 4.78 is 39.7. The molecule has 2 aromatic carbocycles. The van der Waals surface area contributed by atoms with E-state index in [1.54, 1.807) is 26.0 Å². The first kappa shape index (κ1) is 27.3.